The summed E-state index contributed by atoms with van der Waals surface area (Å²) < 4.78 is 29.9. The van der Waals surface area contributed by atoms with Gasteiger partial charge in [-0.3, -0.25) is 0 Å². The zero-order chi connectivity index (χ0) is 19.3. The first-order valence-electron chi connectivity index (χ1n) is 8.52. The van der Waals surface area contributed by atoms with Crippen molar-refractivity contribution in [1.29, 1.82) is 0 Å². The van der Waals surface area contributed by atoms with Gasteiger partial charge in [0.2, 0.25) is 0 Å². The van der Waals surface area contributed by atoms with Gasteiger partial charge in [0, 0.05) is 4.90 Å². The van der Waals surface area contributed by atoms with Gasteiger partial charge >= 0.3 is 0 Å². The van der Waals surface area contributed by atoms with Gasteiger partial charge in [-0.15, -0.1) is 3.77 Å². The van der Waals surface area contributed by atoms with Gasteiger partial charge in [0.1, 0.15) is 0 Å². The quantitative estimate of drug-likeness (QED) is 0.571. The fraction of sp³-hybridized carbons (Fsp3) is 0.0909. The summed E-state index contributed by atoms with van der Waals surface area (Å²) in [5.74, 6) is 0. The van der Waals surface area contributed by atoms with E-state index in [1.165, 1.54) is 0 Å². The molecule has 3 aromatic rings. The molecule has 1 atom stereocenters. The van der Waals surface area contributed by atoms with Crippen molar-refractivity contribution in [2.24, 2.45) is 3.77 Å². The molecule has 0 N–H and O–H groups in total. The summed E-state index contributed by atoms with van der Waals surface area (Å²) in [5, 5.41) is 1.85. The molecule has 1 unspecified atom stereocenters. The predicted octanol–water partition coefficient (Wildman–Crippen LogP) is 5.52. The molecular weight excluding hydrogens is 374 g/mol. The Kier molecular flexibility index (Phi) is 6.04. The van der Waals surface area contributed by atoms with Crippen molar-refractivity contribution in [3.8, 4) is 0 Å². The number of aryl methyl sites for hydroxylation is 2. The monoisotopic (exact) mass is 395 g/mol. The molecule has 0 spiro atoms. The van der Waals surface area contributed by atoms with Crippen LogP contribution >= 0.6 is 0 Å². The standard InChI is InChI=1S/C22H21NO2S2/c1-18-8-12-21(13-9-18)26(17-16-20-6-4-3-5-7-20)23-27(24,25)22-14-10-19(2)11-15-22/h3-17H,1-2H3/b17-16+. The van der Waals surface area contributed by atoms with Crippen LogP contribution in [0.2, 0.25) is 0 Å². The first-order chi connectivity index (χ1) is 12.9. The molecule has 0 aromatic heterocycles. The topological polar surface area (TPSA) is 46.5 Å². The van der Waals surface area contributed by atoms with Crippen molar-refractivity contribution in [1.82, 2.24) is 0 Å². The zero-order valence-electron chi connectivity index (χ0n) is 15.2. The number of benzene rings is 3. The Bertz CT molecular complexity index is 1070. The fourth-order valence-corrected chi connectivity index (χ4v) is 5.46. The van der Waals surface area contributed by atoms with Crippen LogP contribution in [-0.2, 0) is 20.7 Å². The summed E-state index contributed by atoms with van der Waals surface area (Å²) in [4.78, 5) is 1.08. The van der Waals surface area contributed by atoms with E-state index in [0.717, 1.165) is 21.6 Å². The molecule has 27 heavy (non-hydrogen) atoms. The summed E-state index contributed by atoms with van der Waals surface area (Å²) in [5.41, 5.74) is 3.14. The second-order valence-corrected chi connectivity index (χ2v) is 9.59. The second kappa shape index (κ2) is 8.46. The molecule has 0 aliphatic carbocycles. The van der Waals surface area contributed by atoms with Crippen molar-refractivity contribution in [3.05, 3.63) is 101 Å². The largest absolute Gasteiger partial charge is 0.288 e. The summed E-state index contributed by atoms with van der Waals surface area (Å²) in [6.07, 6.45) is 1.91. The van der Waals surface area contributed by atoms with E-state index in [9.17, 15) is 8.42 Å². The van der Waals surface area contributed by atoms with E-state index in [-0.39, 0.29) is 4.90 Å². The van der Waals surface area contributed by atoms with Gasteiger partial charge in [0.25, 0.3) is 10.0 Å². The molecule has 0 fully saturated rings. The number of hydrogen-bond acceptors (Lipinski definition) is 2. The third kappa shape index (κ3) is 5.25. The molecular formula is C22H21NO2S2. The van der Waals surface area contributed by atoms with Crippen molar-refractivity contribution in [3.63, 3.8) is 0 Å². The van der Waals surface area contributed by atoms with Crippen molar-refractivity contribution in [2.45, 2.75) is 23.6 Å². The lowest BCUT2D eigenvalue weighted by Crippen LogP contribution is -2.00. The molecule has 0 radical (unpaired) electrons. The molecule has 0 heterocycles. The summed E-state index contributed by atoms with van der Waals surface area (Å²) in [7, 11) is -4.67. The van der Waals surface area contributed by atoms with Gasteiger partial charge in [-0.1, -0.05) is 65.7 Å². The lowest BCUT2D eigenvalue weighted by molar-refractivity contribution is 0.598. The number of sulfonamides is 1. The van der Waals surface area contributed by atoms with E-state index >= 15 is 0 Å². The maximum absolute atomic E-state index is 12.8. The van der Waals surface area contributed by atoms with Gasteiger partial charge in [0.05, 0.1) is 4.90 Å². The molecule has 3 rings (SSSR count). The molecule has 0 aliphatic rings. The minimum absolute atomic E-state index is 0.214. The first-order valence-corrected chi connectivity index (χ1v) is 11.2. The molecule has 3 nitrogen and oxygen atoms in total. The highest BCUT2D eigenvalue weighted by molar-refractivity contribution is 8.01. The van der Waals surface area contributed by atoms with Crippen LogP contribution in [0.1, 0.15) is 16.7 Å². The molecule has 3 aromatic carbocycles. The highest BCUT2D eigenvalue weighted by atomic mass is 32.3. The third-order valence-electron chi connectivity index (χ3n) is 3.95. The molecule has 5 heteroatoms. The van der Waals surface area contributed by atoms with Gasteiger partial charge in [-0.2, -0.15) is 8.42 Å². The average molecular weight is 396 g/mol. The number of rotatable bonds is 5. The van der Waals surface area contributed by atoms with Gasteiger partial charge < -0.3 is 0 Å². The van der Waals surface area contributed by atoms with Crippen LogP contribution in [0.5, 0.6) is 0 Å². The lowest BCUT2D eigenvalue weighted by atomic mass is 10.2. The van der Waals surface area contributed by atoms with Crippen LogP contribution in [0.3, 0.4) is 0 Å². The maximum atomic E-state index is 12.8. The average Bonchev–Trinajstić information content (AvgIpc) is 2.67. The van der Waals surface area contributed by atoms with Gasteiger partial charge in [0.15, 0.2) is 0 Å². The van der Waals surface area contributed by atoms with Crippen LogP contribution < -0.4 is 0 Å². The SMILES string of the molecule is Cc1ccc(S(/C=C/c2ccccc2)=NS(=O)(=O)c2ccc(C)cc2)cc1. The van der Waals surface area contributed by atoms with E-state index in [2.05, 4.69) is 3.77 Å². The van der Waals surface area contributed by atoms with Crippen LogP contribution in [0.15, 0.2) is 97.8 Å². The Balaban J connectivity index is 2.05. The molecule has 0 amide bonds. The first kappa shape index (κ1) is 19.3. The lowest BCUT2D eigenvalue weighted by Gasteiger charge is -2.06. The minimum Gasteiger partial charge on any atom is -0.199 e. The van der Waals surface area contributed by atoms with E-state index in [0.29, 0.717) is 0 Å². The number of hydrogen-bond donors (Lipinski definition) is 0. The third-order valence-corrected chi connectivity index (χ3v) is 7.39. The molecule has 0 saturated heterocycles. The Hall–Kier alpha value is -2.50. The smallest absolute Gasteiger partial charge is 0.199 e. The predicted molar refractivity (Wildman–Crippen MR) is 113 cm³/mol. The maximum Gasteiger partial charge on any atom is 0.288 e. The number of nitrogens with zero attached hydrogens (tertiary/aromatic N) is 1. The molecule has 138 valence electrons. The molecule has 0 bridgehead atoms. The van der Waals surface area contributed by atoms with Crippen LogP contribution in [-0.4, -0.2) is 8.42 Å². The highest BCUT2D eigenvalue weighted by Crippen LogP contribution is 2.20. The zero-order valence-corrected chi connectivity index (χ0v) is 16.9. The van der Waals surface area contributed by atoms with Crippen molar-refractivity contribution < 1.29 is 8.42 Å². The van der Waals surface area contributed by atoms with Crippen molar-refractivity contribution >= 4 is 26.8 Å². The van der Waals surface area contributed by atoms with Gasteiger partial charge in [-0.25, -0.2) is 0 Å². The fourth-order valence-electron chi connectivity index (χ4n) is 2.39. The van der Waals surface area contributed by atoms with E-state index in [4.69, 9.17) is 0 Å². The summed E-state index contributed by atoms with van der Waals surface area (Å²) in [6.45, 7) is 3.93. The normalized spacial score (nSPS) is 13.1. The van der Waals surface area contributed by atoms with E-state index in [1.807, 2.05) is 79.9 Å². The Labute approximate surface area is 163 Å². The Morgan fingerprint density at radius 3 is 1.93 bits per heavy atom. The summed E-state index contributed by atoms with van der Waals surface area (Å²) in [6, 6.07) is 24.4. The van der Waals surface area contributed by atoms with E-state index < -0.39 is 20.7 Å². The second-order valence-electron chi connectivity index (χ2n) is 6.20. The molecule has 0 saturated carbocycles. The Morgan fingerprint density at radius 2 is 1.33 bits per heavy atom. The van der Waals surface area contributed by atoms with E-state index in [1.54, 1.807) is 24.3 Å². The Morgan fingerprint density at radius 1 is 0.778 bits per heavy atom. The van der Waals surface area contributed by atoms with Crippen LogP contribution in [0.25, 0.3) is 6.08 Å². The highest BCUT2D eigenvalue weighted by Gasteiger charge is 2.14. The van der Waals surface area contributed by atoms with Crippen LogP contribution in [0, 0.1) is 13.8 Å². The minimum atomic E-state index is -3.75. The van der Waals surface area contributed by atoms with Crippen LogP contribution in [0.4, 0.5) is 0 Å². The summed E-state index contributed by atoms with van der Waals surface area (Å²) >= 11 is 0. The molecule has 0 aliphatic heterocycles. The van der Waals surface area contributed by atoms with Gasteiger partial charge in [-0.05, 0) is 65.9 Å². The van der Waals surface area contributed by atoms with Crippen molar-refractivity contribution in [2.75, 3.05) is 0 Å².